The molecule has 4 aliphatic rings. The largest absolute Gasteiger partial charge is 0.431 e. The van der Waals surface area contributed by atoms with Crippen molar-refractivity contribution in [2.24, 2.45) is 11.3 Å². The Morgan fingerprint density at radius 3 is 1.57 bits per heavy atom. The van der Waals surface area contributed by atoms with E-state index in [9.17, 15) is 4.79 Å². The summed E-state index contributed by atoms with van der Waals surface area (Å²) in [6.45, 7) is 0. The molecule has 0 saturated heterocycles. The van der Waals surface area contributed by atoms with Gasteiger partial charge in [0.25, 0.3) is 0 Å². The van der Waals surface area contributed by atoms with Crippen molar-refractivity contribution in [3.05, 3.63) is 35.1 Å². The van der Waals surface area contributed by atoms with Gasteiger partial charge in [-0.1, -0.05) is 132 Å². The molecule has 0 aromatic carbocycles. The minimum Gasteiger partial charge on any atom is -0.431 e. The van der Waals surface area contributed by atoms with Gasteiger partial charge < -0.3 is 4.74 Å². The van der Waals surface area contributed by atoms with Gasteiger partial charge in [0, 0.05) is 18.3 Å². The van der Waals surface area contributed by atoms with Crippen LogP contribution in [-0.4, -0.2) is 5.97 Å². The van der Waals surface area contributed by atoms with E-state index in [1.54, 1.807) is 11.1 Å². The number of esters is 1. The molecular formula is C42H70O2. The van der Waals surface area contributed by atoms with E-state index in [1.807, 2.05) is 0 Å². The molecule has 0 radical (unpaired) electrons. The standard InChI is InChI=1S/C42H70O2/c43-41(44-40-31-23-14-8-3-9-15-24-32-40)34-36-42(35-33-37-25-17-16-18-26-37,38-27-19-10-4-1-5-11-20-28-38)39-29-21-12-6-2-7-13-22-30-39/h27,29,31,37H,1-26,28,30,32-36H2. The number of carbonyl (C=O) groups excluding carboxylic acids is 1. The van der Waals surface area contributed by atoms with Crippen LogP contribution >= 0.6 is 0 Å². The van der Waals surface area contributed by atoms with E-state index >= 15 is 0 Å². The molecule has 0 atom stereocenters. The first-order chi connectivity index (χ1) is 21.8. The fourth-order valence-corrected chi connectivity index (χ4v) is 8.98. The van der Waals surface area contributed by atoms with E-state index in [0.29, 0.717) is 6.42 Å². The Bertz CT molecular complexity index is 851. The van der Waals surface area contributed by atoms with Crippen LogP contribution in [0.15, 0.2) is 35.1 Å². The lowest BCUT2D eigenvalue weighted by molar-refractivity contribution is -0.140. The first-order valence-corrected chi connectivity index (χ1v) is 20.0. The highest BCUT2D eigenvalue weighted by molar-refractivity contribution is 5.70. The summed E-state index contributed by atoms with van der Waals surface area (Å²) in [6.07, 6.45) is 49.9. The molecule has 0 N–H and O–H groups in total. The fourth-order valence-electron chi connectivity index (χ4n) is 8.98. The lowest BCUT2D eigenvalue weighted by atomic mass is 9.63. The first kappa shape index (κ1) is 35.5. The minimum absolute atomic E-state index is 0.0382. The lowest BCUT2D eigenvalue weighted by Gasteiger charge is -2.42. The average Bonchev–Trinajstić information content (AvgIpc) is 3.06. The van der Waals surface area contributed by atoms with Gasteiger partial charge in [0.1, 0.15) is 5.76 Å². The molecule has 1 saturated carbocycles. The summed E-state index contributed by atoms with van der Waals surface area (Å²) >= 11 is 0. The summed E-state index contributed by atoms with van der Waals surface area (Å²) in [5.41, 5.74) is 3.51. The molecule has 0 bridgehead atoms. The van der Waals surface area contributed by atoms with Crippen molar-refractivity contribution in [3.63, 3.8) is 0 Å². The predicted molar refractivity (Wildman–Crippen MR) is 189 cm³/mol. The van der Waals surface area contributed by atoms with Crippen molar-refractivity contribution < 1.29 is 9.53 Å². The Morgan fingerprint density at radius 1 is 0.545 bits per heavy atom. The van der Waals surface area contributed by atoms with Crippen molar-refractivity contribution in [2.75, 3.05) is 0 Å². The van der Waals surface area contributed by atoms with Crippen LogP contribution in [0.3, 0.4) is 0 Å². The topological polar surface area (TPSA) is 26.3 Å². The summed E-state index contributed by atoms with van der Waals surface area (Å²) in [5.74, 6) is 1.89. The van der Waals surface area contributed by atoms with Crippen LogP contribution in [0.2, 0.25) is 0 Å². The lowest BCUT2D eigenvalue weighted by Crippen LogP contribution is -2.30. The van der Waals surface area contributed by atoms with Crippen LogP contribution < -0.4 is 0 Å². The number of carbonyl (C=O) groups is 1. The van der Waals surface area contributed by atoms with E-state index in [-0.39, 0.29) is 11.4 Å². The highest BCUT2D eigenvalue weighted by Crippen LogP contribution is 2.51. The summed E-state index contributed by atoms with van der Waals surface area (Å²) in [4.78, 5) is 13.7. The van der Waals surface area contributed by atoms with E-state index in [4.69, 9.17) is 4.74 Å². The third-order valence-electron chi connectivity index (χ3n) is 11.8. The van der Waals surface area contributed by atoms with Gasteiger partial charge in [-0.3, -0.25) is 4.79 Å². The molecule has 4 rings (SSSR count). The zero-order chi connectivity index (χ0) is 30.5. The van der Waals surface area contributed by atoms with Gasteiger partial charge in [-0.25, -0.2) is 0 Å². The van der Waals surface area contributed by atoms with E-state index in [1.165, 1.54) is 180 Å². The summed E-state index contributed by atoms with van der Waals surface area (Å²) in [5, 5.41) is 0. The first-order valence-electron chi connectivity index (χ1n) is 20.0. The molecule has 0 aromatic rings. The van der Waals surface area contributed by atoms with Gasteiger partial charge in [0.05, 0.1) is 0 Å². The number of allylic oxidation sites excluding steroid dienone is 6. The van der Waals surface area contributed by atoms with Crippen LogP contribution in [0.25, 0.3) is 0 Å². The summed E-state index contributed by atoms with van der Waals surface area (Å²) < 4.78 is 6.23. The van der Waals surface area contributed by atoms with E-state index in [0.717, 1.165) is 37.4 Å². The van der Waals surface area contributed by atoms with E-state index in [2.05, 4.69) is 18.2 Å². The second kappa shape index (κ2) is 21.5. The molecule has 0 spiro atoms. The third-order valence-corrected chi connectivity index (χ3v) is 11.8. The van der Waals surface area contributed by atoms with Gasteiger partial charge in [-0.15, -0.1) is 0 Å². The van der Waals surface area contributed by atoms with E-state index < -0.39 is 0 Å². The minimum atomic E-state index is 0.0382. The Morgan fingerprint density at radius 2 is 1.00 bits per heavy atom. The molecule has 1 fully saturated rings. The molecule has 0 unspecified atom stereocenters. The molecular weight excluding hydrogens is 536 g/mol. The maximum atomic E-state index is 13.7. The molecule has 250 valence electrons. The smallest absolute Gasteiger partial charge is 0.310 e. The zero-order valence-corrected chi connectivity index (χ0v) is 29.0. The second-order valence-electron chi connectivity index (χ2n) is 15.2. The highest BCUT2D eigenvalue weighted by Gasteiger charge is 2.38. The van der Waals surface area contributed by atoms with Crippen LogP contribution in [0.1, 0.15) is 212 Å². The van der Waals surface area contributed by atoms with Crippen LogP contribution in [0.4, 0.5) is 0 Å². The SMILES string of the molecule is O=C(CCC(CCC1CCCCC1)(C1=CCCCCCCCC1)C1=CCCCCCCCC1)OC1=CCCCCCCCC1. The Labute approximate surface area is 273 Å². The van der Waals surface area contributed by atoms with Crippen molar-refractivity contribution in [1.82, 2.24) is 0 Å². The van der Waals surface area contributed by atoms with Gasteiger partial charge in [-0.05, 0) is 102 Å². The van der Waals surface area contributed by atoms with Crippen molar-refractivity contribution in [1.29, 1.82) is 0 Å². The molecule has 0 amide bonds. The number of hydrogen-bond donors (Lipinski definition) is 0. The van der Waals surface area contributed by atoms with Crippen molar-refractivity contribution >= 4 is 5.97 Å². The summed E-state index contributed by atoms with van der Waals surface area (Å²) in [7, 11) is 0. The predicted octanol–water partition coefficient (Wildman–Crippen LogP) is 13.8. The normalized spacial score (nSPS) is 24.5. The summed E-state index contributed by atoms with van der Waals surface area (Å²) in [6, 6.07) is 0. The third kappa shape index (κ3) is 12.8. The number of rotatable bonds is 9. The second-order valence-corrected chi connectivity index (χ2v) is 15.2. The number of hydrogen-bond acceptors (Lipinski definition) is 2. The fraction of sp³-hybridized carbons (Fsp3) is 0.833. The molecule has 0 heterocycles. The quantitative estimate of drug-likeness (QED) is 0.193. The maximum absolute atomic E-state index is 13.7. The van der Waals surface area contributed by atoms with Crippen LogP contribution in [0.5, 0.6) is 0 Å². The van der Waals surface area contributed by atoms with Gasteiger partial charge in [-0.2, -0.15) is 0 Å². The Kier molecular flexibility index (Phi) is 17.3. The van der Waals surface area contributed by atoms with Gasteiger partial charge >= 0.3 is 5.97 Å². The van der Waals surface area contributed by atoms with Crippen LogP contribution in [0, 0.1) is 11.3 Å². The number of ether oxygens (including phenoxy) is 1. The molecule has 44 heavy (non-hydrogen) atoms. The Hall–Kier alpha value is -1.31. The molecule has 0 aliphatic heterocycles. The van der Waals surface area contributed by atoms with Gasteiger partial charge in [0.2, 0.25) is 0 Å². The molecule has 2 heteroatoms. The van der Waals surface area contributed by atoms with Crippen molar-refractivity contribution in [3.8, 4) is 0 Å². The van der Waals surface area contributed by atoms with Crippen molar-refractivity contribution in [2.45, 2.75) is 212 Å². The maximum Gasteiger partial charge on any atom is 0.310 e. The molecule has 0 aromatic heterocycles. The monoisotopic (exact) mass is 607 g/mol. The van der Waals surface area contributed by atoms with Crippen LogP contribution in [-0.2, 0) is 9.53 Å². The molecule has 4 aliphatic carbocycles. The van der Waals surface area contributed by atoms with Gasteiger partial charge in [0.15, 0.2) is 0 Å². The molecule has 2 nitrogen and oxygen atoms in total. The Balaban J connectivity index is 1.61. The highest BCUT2D eigenvalue weighted by atomic mass is 16.5. The zero-order valence-electron chi connectivity index (χ0n) is 29.0. The average molecular weight is 607 g/mol.